The molecule has 9 nitrogen and oxygen atoms in total. The van der Waals surface area contributed by atoms with Crippen LogP contribution in [-0.4, -0.2) is 74.8 Å². The van der Waals surface area contributed by atoms with E-state index in [-0.39, 0.29) is 28.9 Å². The third-order valence-corrected chi connectivity index (χ3v) is 8.52. The van der Waals surface area contributed by atoms with E-state index in [2.05, 4.69) is 10.3 Å². The molecule has 1 aromatic carbocycles. The molecule has 3 aliphatic rings. The molecule has 0 aliphatic carbocycles. The number of carbonyl (C=O) groups is 2. The first-order chi connectivity index (χ1) is 17.2. The number of sulfone groups is 1. The van der Waals surface area contributed by atoms with Crippen molar-refractivity contribution in [3.8, 4) is 0 Å². The van der Waals surface area contributed by atoms with Gasteiger partial charge in [-0.1, -0.05) is 17.7 Å². The number of rotatable bonds is 6. The Morgan fingerprint density at radius 3 is 2.64 bits per heavy atom. The smallest absolute Gasteiger partial charge is 0.255 e. The van der Waals surface area contributed by atoms with Crippen LogP contribution in [0.1, 0.15) is 36.0 Å². The minimum absolute atomic E-state index is 0.0250. The highest BCUT2D eigenvalue weighted by Crippen LogP contribution is 2.33. The molecule has 192 valence electrons. The van der Waals surface area contributed by atoms with Gasteiger partial charge in [0, 0.05) is 49.1 Å². The largest absolute Gasteiger partial charge is 0.374 e. The van der Waals surface area contributed by atoms with E-state index in [1.807, 2.05) is 9.80 Å². The molecule has 36 heavy (non-hydrogen) atoms. The SMILES string of the molecule is CS(=O)(=O)c1cnc(N2CCC(CC(=O)N3C[C@@H]4CC3CO4)CC2)c(NC(=O)c2cccc(Cl)c2)c1. The lowest BCUT2D eigenvalue weighted by atomic mass is 9.92. The number of fused-ring (bicyclic) bond motifs is 2. The Balaban J connectivity index is 1.28. The summed E-state index contributed by atoms with van der Waals surface area (Å²) in [5.41, 5.74) is 0.682. The molecule has 0 radical (unpaired) electrons. The Bertz CT molecular complexity index is 1280. The molecule has 1 aromatic heterocycles. The number of halogens is 1. The van der Waals surface area contributed by atoms with Gasteiger partial charge in [-0.2, -0.15) is 0 Å². The van der Waals surface area contributed by atoms with Crippen LogP contribution in [0.15, 0.2) is 41.4 Å². The van der Waals surface area contributed by atoms with Crippen molar-refractivity contribution in [2.45, 2.75) is 42.7 Å². The van der Waals surface area contributed by atoms with Gasteiger partial charge in [0.05, 0.1) is 29.3 Å². The number of anilines is 2. The van der Waals surface area contributed by atoms with Crippen molar-refractivity contribution in [2.75, 3.05) is 42.7 Å². The number of nitrogens with one attached hydrogen (secondary N) is 1. The predicted octanol–water partition coefficient (Wildman–Crippen LogP) is 3.00. The number of aromatic nitrogens is 1. The maximum Gasteiger partial charge on any atom is 0.255 e. The van der Waals surface area contributed by atoms with Gasteiger partial charge in [-0.25, -0.2) is 13.4 Å². The number of hydrogen-bond donors (Lipinski definition) is 1. The first-order valence-electron chi connectivity index (χ1n) is 12.1. The van der Waals surface area contributed by atoms with Crippen LogP contribution >= 0.6 is 11.6 Å². The van der Waals surface area contributed by atoms with Gasteiger partial charge in [0.15, 0.2) is 15.7 Å². The molecule has 2 aromatic rings. The summed E-state index contributed by atoms with van der Waals surface area (Å²) in [5.74, 6) is 0.579. The lowest BCUT2D eigenvalue weighted by Crippen LogP contribution is -2.43. The Kier molecular flexibility index (Phi) is 6.93. The maximum atomic E-state index is 12.9. The fourth-order valence-corrected chi connectivity index (χ4v) is 5.99. The van der Waals surface area contributed by atoms with E-state index in [1.165, 1.54) is 12.3 Å². The van der Waals surface area contributed by atoms with E-state index in [9.17, 15) is 18.0 Å². The Morgan fingerprint density at radius 2 is 2.00 bits per heavy atom. The second-order valence-electron chi connectivity index (χ2n) is 9.80. The van der Waals surface area contributed by atoms with Crippen LogP contribution in [0.3, 0.4) is 0 Å². The average molecular weight is 533 g/mol. The second-order valence-corrected chi connectivity index (χ2v) is 12.3. The molecule has 1 N–H and O–H groups in total. The number of carbonyl (C=O) groups excluding carboxylic acids is 2. The molecular weight excluding hydrogens is 504 g/mol. The van der Waals surface area contributed by atoms with E-state index in [0.717, 1.165) is 25.5 Å². The van der Waals surface area contributed by atoms with E-state index in [4.69, 9.17) is 16.3 Å². The third kappa shape index (κ3) is 5.35. The number of benzene rings is 1. The number of hydrogen-bond acceptors (Lipinski definition) is 7. The molecule has 3 aliphatic heterocycles. The molecule has 1 unspecified atom stereocenters. The van der Waals surface area contributed by atoms with Crippen LogP contribution in [0.4, 0.5) is 11.5 Å². The zero-order valence-corrected chi connectivity index (χ0v) is 21.6. The third-order valence-electron chi connectivity index (χ3n) is 7.20. The minimum Gasteiger partial charge on any atom is -0.374 e. The van der Waals surface area contributed by atoms with Crippen LogP contribution in [-0.2, 0) is 19.4 Å². The average Bonchev–Trinajstić information content (AvgIpc) is 3.48. The van der Waals surface area contributed by atoms with Crippen molar-refractivity contribution < 1.29 is 22.7 Å². The van der Waals surface area contributed by atoms with Gasteiger partial charge in [0.1, 0.15) is 0 Å². The number of ether oxygens (including phenoxy) is 1. The molecule has 3 saturated heterocycles. The highest BCUT2D eigenvalue weighted by molar-refractivity contribution is 7.90. The lowest BCUT2D eigenvalue weighted by Gasteiger charge is -2.35. The predicted molar refractivity (Wildman–Crippen MR) is 136 cm³/mol. The monoisotopic (exact) mass is 532 g/mol. The summed E-state index contributed by atoms with van der Waals surface area (Å²) in [5, 5.41) is 3.25. The highest BCUT2D eigenvalue weighted by atomic mass is 35.5. The number of amides is 2. The second kappa shape index (κ2) is 9.99. The topological polar surface area (TPSA) is 109 Å². The summed E-state index contributed by atoms with van der Waals surface area (Å²) >= 11 is 6.03. The molecule has 4 heterocycles. The van der Waals surface area contributed by atoms with Crippen LogP contribution < -0.4 is 10.2 Å². The molecular formula is C25H29ClN4O5S. The molecule has 0 saturated carbocycles. The fraction of sp³-hybridized carbons (Fsp3) is 0.480. The molecule has 2 bridgehead atoms. The highest BCUT2D eigenvalue weighted by Gasteiger charge is 2.41. The van der Waals surface area contributed by atoms with Crippen LogP contribution in [0.5, 0.6) is 0 Å². The molecule has 5 rings (SSSR count). The lowest BCUT2D eigenvalue weighted by molar-refractivity contribution is -0.136. The molecule has 2 amide bonds. The van der Waals surface area contributed by atoms with Crippen molar-refractivity contribution in [3.63, 3.8) is 0 Å². The summed E-state index contributed by atoms with van der Waals surface area (Å²) in [6.07, 6.45) is 5.71. The number of morpholine rings is 1. The first kappa shape index (κ1) is 25.0. The van der Waals surface area contributed by atoms with E-state index in [0.29, 0.717) is 54.8 Å². The standard InChI is InChI=1S/C25H29ClN4O5S/c1-36(33,34)21-12-22(28-25(32)17-3-2-4-18(26)10-17)24(27-13-21)29-7-5-16(6-8-29)9-23(31)30-14-20-11-19(30)15-35-20/h2-4,10,12-13,16,19-20H,5-9,11,14-15H2,1H3,(H,28,32)/t19?,20-/m0/s1. The van der Waals surface area contributed by atoms with Gasteiger partial charge in [-0.3, -0.25) is 9.59 Å². The maximum absolute atomic E-state index is 12.9. The van der Waals surface area contributed by atoms with E-state index >= 15 is 0 Å². The Hall–Kier alpha value is -2.69. The summed E-state index contributed by atoms with van der Waals surface area (Å²) in [4.78, 5) is 34.2. The summed E-state index contributed by atoms with van der Waals surface area (Å²) in [7, 11) is -3.52. The van der Waals surface area contributed by atoms with E-state index < -0.39 is 15.7 Å². The first-order valence-corrected chi connectivity index (χ1v) is 14.4. The summed E-state index contributed by atoms with van der Waals surface area (Å²) in [6.45, 7) is 2.65. The van der Waals surface area contributed by atoms with Crippen LogP contribution in [0.2, 0.25) is 5.02 Å². The van der Waals surface area contributed by atoms with Gasteiger partial charge < -0.3 is 19.9 Å². The van der Waals surface area contributed by atoms with Crippen LogP contribution in [0.25, 0.3) is 0 Å². The summed E-state index contributed by atoms with van der Waals surface area (Å²) < 4.78 is 29.9. The van der Waals surface area contributed by atoms with E-state index in [1.54, 1.807) is 24.3 Å². The Labute approximate surface area is 215 Å². The van der Waals surface area contributed by atoms with Gasteiger partial charge in [-0.05, 0) is 49.4 Å². The van der Waals surface area contributed by atoms with Crippen molar-refractivity contribution in [1.82, 2.24) is 9.88 Å². The molecule has 0 spiro atoms. The molecule has 3 fully saturated rings. The van der Waals surface area contributed by atoms with Crippen molar-refractivity contribution in [3.05, 3.63) is 47.1 Å². The minimum atomic E-state index is -3.52. The zero-order valence-electron chi connectivity index (χ0n) is 20.0. The van der Waals surface area contributed by atoms with Gasteiger partial charge in [-0.15, -0.1) is 0 Å². The summed E-state index contributed by atoms with van der Waals surface area (Å²) in [6, 6.07) is 8.20. The number of likely N-dealkylation sites (tertiary alicyclic amines) is 1. The van der Waals surface area contributed by atoms with Gasteiger partial charge >= 0.3 is 0 Å². The quantitative estimate of drug-likeness (QED) is 0.609. The molecule has 2 atom stereocenters. The van der Waals surface area contributed by atoms with Gasteiger partial charge in [0.2, 0.25) is 5.91 Å². The zero-order chi connectivity index (χ0) is 25.4. The number of piperidine rings is 1. The normalized spacial score (nSPS) is 22.2. The Morgan fingerprint density at radius 1 is 1.22 bits per heavy atom. The van der Waals surface area contributed by atoms with Crippen molar-refractivity contribution in [2.24, 2.45) is 5.92 Å². The molecule has 11 heteroatoms. The van der Waals surface area contributed by atoms with Crippen LogP contribution in [0, 0.1) is 5.92 Å². The number of nitrogens with zero attached hydrogens (tertiary/aromatic N) is 3. The van der Waals surface area contributed by atoms with Crippen molar-refractivity contribution in [1.29, 1.82) is 0 Å². The van der Waals surface area contributed by atoms with Gasteiger partial charge in [0.25, 0.3) is 5.91 Å². The number of pyridine rings is 1. The van der Waals surface area contributed by atoms with Crippen molar-refractivity contribution >= 4 is 44.8 Å². The fourth-order valence-electron chi connectivity index (χ4n) is 5.23.